The third-order valence-electron chi connectivity index (χ3n) is 2.41. The summed E-state index contributed by atoms with van der Waals surface area (Å²) in [5.74, 6) is -0.234. The lowest BCUT2D eigenvalue weighted by atomic mass is 9.86. The monoisotopic (exact) mass is 219 g/mol. The van der Waals surface area contributed by atoms with E-state index in [2.05, 4.69) is 4.98 Å². The van der Waals surface area contributed by atoms with Crippen LogP contribution in [0.15, 0.2) is 12.1 Å². The maximum atomic E-state index is 11.3. The lowest BCUT2D eigenvalue weighted by Crippen LogP contribution is -2.15. The van der Waals surface area contributed by atoms with E-state index in [-0.39, 0.29) is 17.0 Å². The minimum atomic E-state index is -0.117. The predicted molar refractivity (Wildman–Crippen MR) is 62.9 cm³/mol. The van der Waals surface area contributed by atoms with E-state index in [9.17, 15) is 9.59 Å². The Hall–Kier alpha value is -1.51. The standard InChI is InChI=1S/C13H17NO2/c1-8(15)11-6-10(13(3,4)5)7-12(14-11)9(2)16/h6-7H,1-5H3. The Labute approximate surface area is 95.9 Å². The summed E-state index contributed by atoms with van der Waals surface area (Å²) in [5.41, 5.74) is 1.57. The number of rotatable bonds is 2. The minimum absolute atomic E-state index is 0.0999. The van der Waals surface area contributed by atoms with Gasteiger partial charge in [-0.2, -0.15) is 0 Å². The smallest absolute Gasteiger partial charge is 0.178 e. The number of Topliss-reactive ketones (excluding diaryl/α,β-unsaturated/α-hetero) is 2. The van der Waals surface area contributed by atoms with Gasteiger partial charge in [0.15, 0.2) is 11.6 Å². The lowest BCUT2D eigenvalue weighted by Gasteiger charge is -2.20. The van der Waals surface area contributed by atoms with Crippen LogP contribution in [0.3, 0.4) is 0 Å². The van der Waals surface area contributed by atoms with Crippen LogP contribution in [0, 0.1) is 0 Å². The van der Waals surface area contributed by atoms with E-state index >= 15 is 0 Å². The quantitative estimate of drug-likeness (QED) is 0.718. The van der Waals surface area contributed by atoms with Crippen LogP contribution in [0.2, 0.25) is 0 Å². The first-order valence-electron chi connectivity index (χ1n) is 5.26. The highest BCUT2D eigenvalue weighted by Crippen LogP contribution is 2.23. The van der Waals surface area contributed by atoms with Gasteiger partial charge in [0.05, 0.1) is 0 Å². The van der Waals surface area contributed by atoms with Gasteiger partial charge in [-0.3, -0.25) is 9.59 Å². The zero-order valence-corrected chi connectivity index (χ0v) is 10.4. The molecular weight excluding hydrogens is 202 g/mol. The second-order valence-corrected chi connectivity index (χ2v) is 4.99. The average molecular weight is 219 g/mol. The molecule has 0 spiro atoms. The molecule has 1 rings (SSSR count). The number of carbonyl (C=O) groups excluding carboxylic acids is 2. The van der Waals surface area contributed by atoms with Gasteiger partial charge >= 0.3 is 0 Å². The molecule has 0 aliphatic heterocycles. The summed E-state index contributed by atoms with van der Waals surface area (Å²) < 4.78 is 0. The Bertz CT molecular complexity index is 409. The summed E-state index contributed by atoms with van der Waals surface area (Å²) >= 11 is 0. The highest BCUT2D eigenvalue weighted by atomic mass is 16.1. The van der Waals surface area contributed by atoms with Crippen LogP contribution in [0.4, 0.5) is 0 Å². The zero-order valence-electron chi connectivity index (χ0n) is 10.4. The van der Waals surface area contributed by atoms with Crippen LogP contribution < -0.4 is 0 Å². The van der Waals surface area contributed by atoms with E-state index in [0.29, 0.717) is 11.4 Å². The Morgan fingerprint density at radius 3 is 1.62 bits per heavy atom. The number of carbonyl (C=O) groups is 2. The fourth-order valence-electron chi connectivity index (χ4n) is 1.32. The minimum Gasteiger partial charge on any atom is -0.293 e. The van der Waals surface area contributed by atoms with Crippen molar-refractivity contribution in [3.63, 3.8) is 0 Å². The molecule has 3 heteroatoms. The van der Waals surface area contributed by atoms with E-state index in [4.69, 9.17) is 0 Å². The summed E-state index contributed by atoms with van der Waals surface area (Å²) in [5, 5.41) is 0. The van der Waals surface area contributed by atoms with E-state index in [1.54, 1.807) is 12.1 Å². The molecule has 0 aliphatic rings. The Morgan fingerprint density at radius 2 is 1.38 bits per heavy atom. The van der Waals surface area contributed by atoms with Crippen LogP contribution >= 0.6 is 0 Å². The Morgan fingerprint density at radius 1 is 1.00 bits per heavy atom. The fourth-order valence-corrected chi connectivity index (χ4v) is 1.32. The third kappa shape index (κ3) is 2.75. The van der Waals surface area contributed by atoms with Gasteiger partial charge in [0.1, 0.15) is 11.4 Å². The molecule has 1 aromatic heterocycles. The molecule has 16 heavy (non-hydrogen) atoms. The molecule has 0 aliphatic carbocycles. The van der Waals surface area contributed by atoms with E-state index in [0.717, 1.165) is 5.56 Å². The molecule has 0 atom stereocenters. The van der Waals surface area contributed by atoms with Crippen molar-refractivity contribution in [2.24, 2.45) is 0 Å². The van der Waals surface area contributed by atoms with Crippen LogP contribution in [0.25, 0.3) is 0 Å². The third-order valence-corrected chi connectivity index (χ3v) is 2.41. The summed E-state index contributed by atoms with van der Waals surface area (Å²) in [6, 6.07) is 3.52. The molecule has 0 N–H and O–H groups in total. The van der Waals surface area contributed by atoms with Crippen LogP contribution in [-0.2, 0) is 5.41 Å². The highest BCUT2D eigenvalue weighted by Gasteiger charge is 2.18. The molecule has 0 saturated heterocycles. The van der Waals surface area contributed by atoms with Crippen molar-refractivity contribution >= 4 is 11.6 Å². The summed E-state index contributed by atoms with van der Waals surface area (Å²) in [6.45, 7) is 9.03. The van der Waals surface area contributed by atoms with Gasteiger partial charge in [0.2, 0.25) is 0 Å². The van der Waals surface area contributed by atoms with Gasteiger partial charge in [-0.05, 0) is 23.1 Å². The van der Waals surface area contributed by atoms with Crippen molar-refractivity contribution in [1.29, 1.82) is 0 Å². The number of pyridine rings is 1. The van der Waals surface area contributed by atoms with Crippen molar-refractivity contribution in [2.75, 3.05) is 0 Å². The molecule has 0 saturated carbocycles. The zero-order chi connectivity index (χ0) is 12.5. The van der Waals surface area contributed by atoms with Gasteiger partial charge in [-0.1, -0.05) is 20.8 Å². The number of aromatic nitrogens is 1. The van der Waals surface area contributed by atoms with E-state index in [1.807, 2.05) is 20.8 Å². The number of hydrogen-bond acceptors (Lipinski definition) is 3. The maximum Gasteiger partial charge on any atom is 0.178 e. The first-order chi connectivity index (χ1) is 7.21. The second kappa shape index (κ2) is 4.16. The largest absolute Gasteiger partial charge is 0.293 e. The summed E-state index contributed by atoms with van der Waals surface area (Å²) in [6.07, 6.45) is 0. The van der Waals surface area contributed by atoms with Crippen molar-refractivity contribution in [3.05, 3.63) is 29.1 Å². The first kappa shape index (κ1) is 12.6. The van der Waals surface area contributed by atoms with Crippen molar-refractivity contribution < 1.29 is 9.59 Å². The van der Waals surface area contributed by atoms with Crippen LogP contribution in [0.5, 0.6) is 0 Å². The van der Waals surface area contributed by atoms with Gasteiger partial charge in [-0.25, -0.2) is 4.98 Å². The molecule has 3 nitrogen and oxygen atoms in total. The van der Waals surface area contributed by atoms with Crippen LogP contribution in [0.1, 0.15) is 61.2 Å². The fraction of sp³-hybridized carbons (Fsp3) is 0.462. The molecule has 0 bridgehead atoms. The van der Waals surface area contributed by atoms with Crippen molar-refractivity contribution in [1.82, 2.24) is 4.98 Å². The number of ketones is 2. The average Bonchev–Trinajstić information content (AvgIpc) is 2.15. The first-order valence-corrected chi connectivity index (χ1v) is 5.26. The van der Waals surface area contributed by atoms with Gasteiger partial charge in [0, 0.05) is 13.8 Å². The molecule has 0 unspecified atom stereocenters. The molecule has 0 fully saturated rings. The predicted octanol–water partition coefficient (Wildman–Crippen LogP) is 2.78. The maximum absolute atomic E-state index is 11.3. The Kier molecular flexibility index (Phi) is 3.27. The van der Waals surface area contributed by atoms with Crippen molar-refractivity contribution in [2.45, 2.75) is 40.0 Å². The SMILES string of the molecule is CC(=O)c1cc(C(C)(C)C)cc(C(C)=O)n1. The second-order valence-electron chi connectivity index (χ2n) is 4.99. The molecule has 86 valence electrons. The topological polar surface area (TPSA) is 47.0 Å². The molecular formula is C13H17NO2. The highest BCUT2D eigenvalue weighted by molar-refractivity contribution is 5.96. The van der Waals surface area contributed by atoms with Gasteiger partial charge in [0.25, 0.3) is 0 Å². The number of nitrogens with zero attached hydrogens (tertiary/aromatic N) is 1. The molecule has 1 heterocycles. The van der Waals surface area contributed by atoms with Gasteiger partial charge < -0.3 is 0 Å². The Balaban J connectivity index is 3.42. The number of hydrogen-bond donors (Lipinski definition) is 0. The molecule has 0 amide bonds. The normalized spacial score (nSPS) is 11.3. The van der Waals surface area contributed by atoms with Crippen molar-refractivity contribution in [3.8, 4) is 0 Å². The molecule has 0 aromatic carbocycles. The van der Waals surface area contributed by atoms with Crippen LogP contribution in [-0.4, -0.2) is 16.6 Å². The van der Waals surface area contributed by atoms with Gasteiger partial charge in [-0.15, -0.1) is 0 Å². The lowest BCUT2D eigenvalue weighted by molar-refractivity contribution is 0.100. The summed E-state index contributed by atoms with van der Waals surface area (Å²) in [4.78, 5) is 26.7. The van der Waals surface area contributed by atoms with E-state index < -0.39 is 0 Å². The summed E-state index contributed by atoms with van der Waals surface area (Å²) in [7, 11) is 0. The molecule has 1 aromatic rings. The van der Waals surface area contributed by atoms with E-state index in [1.165, 1.54) is 13.8 Å². The molecule has 0 radical (unpaired) electrons.